The molecular formula is C15H13N3O2. The summed E-state index contributed by atoms with van der Waals surface area (Å²) in [5.74, 6) is -0.340. The van der Waals surface area contributed by atoms with E-state index in [4.69, 9.17) is 0 Å². The molecule has 0 saturated heterocycles. The van der Waals surface area contributed by atoms with E-state index >= 15 is 0 Å². The van der Waals surface area contributed by atoms with Crippen LogP contribution in [0.25, 0.3) is 22.4 Å². The largest absolute Gasteiger partial charge is 0.478 e. The number of H-pyrrole nitrogens is 1. The van der Waals surface area contributed by atoms with E-state index in [1.165, 1.54) is 0 Å². The van der Waals surface area contributed by atoms with Crippen LogP contribution in [-0.4, -0.2) is 26.0 Å². The summed E-state index contributed by atoms with van der Waals surface area (Å²) in [5, 5.41) is 9.36. The first-order valence-corrected chi connectivity index (χ1v) is 6.23. The molecule has 3 aromatic rings. The topological polar surface area (TPSA) is 78.9 Å². The van der Waals surface area contributed by atoms with Crippen molar-refractivity contribution in [1.29, 1.82) is 0 Å². The highest BCUT2D eigenvalue weighted by atomic mass is 16.4. The zero-order chi connectivity index (χ0) is 14.3. The van der Waals surface area contributed by atoms with Gasteiger partial charge in [0.2, 0.25) is 0 Å². The molecule has 5 heteroatoms. The number of fused-ring (bicyclic) bond motifs is 1. The number of hydrogen-bond donors (Lipinski definition) is 2. The van der Waals surface area contributed by atoms with Crippen LogP contribution >= 0.6 is 0 Å². The van der Waals surface area contributed by atoms with E-state index in [0.29, 0.717) is 22.7 Å². The Morgan fingerprint density at radius 1 is 1.20 bits per heavy atom. The third-order valence-corrected chi connectivity index (χ3v) is 3.23. The highest BCUT2D eigenvalue weighted by Crippen LogP contribution is 2.25. The number of aromatic nitrogens is 3. The maximum atomic E-state index is 11.4. The van der Waals surface area contributed by atoms with Crippen molar-refractivity contribution in [3.63, 3.8) is 0 Å². The number of nitrogens with zero attached hydrogens (tertiary/aromatic N) is 2. The van der Waals surface area contributed by atoms with Gasteiger partial charge in [-0.1, -0.05) is 24.3 Å². The molecule has 0 spiro atoms. The first-order valence-electron chi connectivity index (χ1n) is 6.23. The lowest BCUT2D eigenvalue weighted by atomic mass is 10.0. The van der Waals surface area contributed by atoms with Gasteiger partial charge < -0.3 is 10.1 Å². The number of imidazole rings is 1. The van der Waals surface area contributed by atoms with E-state index in [-0.39, 0.29) is 5.56 Å². The number of carboxylic acids is 1. The van der Waals surface area contributed by atoms with Gasteiger partial charge in [0.1, 0.15) is 5.82 Å². The maximum Gasteiger partial charge on any atom is 0.338 e. The van der Waals surface area contributed by atoms with E-state index in [2.05, 4.69) is 15.0 Å². The fraction of sp³-hybridized carbons (Fsp3) is 0.133. The second kappa shape index (κ2) is 4.45. The van der Waals surface area contributed by atoms with E-state index in [1.54, 1.807) is 13.0 Å². The molecule has 0 bridgehead atoms. The summed E-state index contributed by atoms with van der Waals surface area (Å²) in [6, 6.07) is 9.33. The van der Waals surface area contributed by atoms with Gasteiger partial charge in [0.05, 0.1) is 16.8 Å². The quantitative estimate of drug-likeness (QED) is 0.748. The third-order valence-electron chi connectivity index (χ3n) is 3.23. The number of aromatic carboxylic acids is 1. The van der Waals surface area contributed by atoms with Crippen molar-refractivity contribution in [1.82, 2.24) is 15.0 Å². The summed E-state index contributed by atoms with van der Waals surface area (Å²) in [7, 11) is 0. The van der Waals surface area contributed by atoms with Gasteiger partial charge >= 0.3 is 5.97 Å². The van der Waals surface area contributed by atoms with Gasteiger partial charge in [0, 0.05) is 5.56 Å². The number of benzene rings is 1. The van der Waals surface area contributed by atoms with Crippen LogP contribution in [0.1, 0.15) is 21.7 Å². The van der Waals surface area contributed by atoms with Crippen molar-refractivity contribution in [3.8, 4) is 11.3 Å². The van der Waals surface area contributed by atoms with Crippen LogP contribution in [0.3, 0.4) is 0 Å². The summed E-state index contributed by atoms with van der Waals surface area (Å²) in [6.07, 6.45) is 0. The van der Waals surface area contributed by atoms with E-state index in [0.717, 1.165) is 11.1 Å². The summed E-state index contributed by atoms with van der Waals surface area (Å²) in [6.45, 7) is 3.75. The third kappa shape index (κ3) is 1.93. The summed E-state index contributed by atoms with van der Waals surface area (Å²) in [4.78, 5) is 23.1. The van der Waals surface area contributed by atoms with Gasteiger partial charge in [-0.2, -0.15) is 0 Å². The molecule has 5 nitrogen and oxygen atoms in total. The molecule has 20 heavy (non-hydrogen) atoms. The Hall–Kier alpha value is -2.69. The molecule has 0 unspecified atom stereocenters. The van der Waals surface area contributed by atoms with E-state index in [1.807, 2.05) is 31.2 Å². The Labute approximate surface area is 115 Å². The molecule has 2 N–H and O–H groups in total. The highest BCUT2D eigenvalue weighted by Gasteiger charge is 2.16. The average Bonchev–Trinajstić information content (AvgIpc) is 2.77. The Morgan fingerprint density at radius 2 is 1.95 bits per heavy atom. The predicted octanol–water partition coefficient (Wildman–Crippen LogP) is 2.94. The van der Waals surface area contributed by atoms with Crippen molar-refractivity contribution in [3.05, 3.63) is 47.3 Å². The number of nitrogens with one attached hydrogen (secondary N) is 1. The minimum atomic E-state index is -0.990. The Morgan fingerprint density at radius 3 is 2.65 bits per heavy atom. The van der Waals surface area contributed by atoms with Gasteiger partial charge in [-0.3, -0.25) is 0 Å². The molecule has 100 valence electrons. The van der Waals surface area contributed by atoms with E-state index in [9.17, 15) is 9.90 Å². The van der Waals surface area contributed by atoms with Crippen LogP contribution in [0.15, 0.2) is 30.3 Å². The first-order chi connectivity index (χ1) is 9.56. The van der Waals surface area contributed by atoms with Gasteiger partial charge in [-0.05, 0) is 25.5 Å². The average molecular weight is 267 g/mol. The summed E-state index contributed by atoms with van der Waals surface area (Å²) < 4.78 is 0. The molecule has 0 fully saturated rings. The van der Waals surface area contributed by atoms with Crippen LogP contribution in [0.5, 0.6) is 0 Å². The lowest BCUT2D eigenvalue weighted by Gasteiger charge is -2.06. The molecule has 2 heterocycles. The van der Waals surface area contributed by atoms with Crippen molar-refractivity contribution < 1.29 is 9.90 Å². The summed E-state index contributed by atoms with van der Waals surface area (Å²) >= 11 is 0. The second-order valence-electron chi connectivity index (χ2n) is 4.70. The van der Waals surface area contributed by atoms with E-state index < -0.39 is 5.97 Å². The smallest absolute Gasteiger partial charge is 0.338 e. The van der Waals surface area contributed by atoms with Crippen molar-refractivity contribution in [2.45, 2.75) is 13.8 Å². The predicted molar refractivity (Wildman–Crippen MR) is 75.8 cm³/mol. The Kier molecular flexibility index (Phi) is 2.75. The number of pyridine rings is 1. The number of aromatic amines is 1. The summed E-state index contributed by atoms with van der Waals surface area (Å²) in [5.41, 5.74) is 3.67. The molecule has 0 aliphatic carbocycles. The standard InChI is InChI=1S/C15H13N3O2/c1-8-5-3-4-6-10(8)12-7-11(15(19)20)13-14(18-12)17-9(2)16-13/h3-7H,1-2H3,(H,19,20)(H,16,17,18). The minimum absolute atomic E-state index is 0.189. The van der Waals surface area contributed by atoms with Gasteiger partial charge in [-0.25, -0.2) is 14.8 Å². The van der Waals surface area contributed by atoms with Crippen LogP contribution < -0.4 is 0 Å². The zero-order valence-electron chi connectivity index (χ0n) is 11.1. The lowest BCUT2D eigenvalue weighted by Crippen LogP contribution is -2.00. The van der Waals surface area contributed by atoms with Crippen LogP contribution in [0.4, 0.5) is 0 Å². The lowest BCUT2D eigenvalue weighted by molar-refractivity contribution is 0.0699. The Bertz CT molecular complexity index is 821. The van der Waals surface area contributed by atoms with Gasteiger partial charge in [0.15, 0.2) is 5.65 Å². The molecule has 0 aliphatic heterocycles. The first kappa shape index (κ1) is 12.3. The molecule has 0 atom stereocenters. The SMILES string of the molecule is Cc1nc2nc(-c3ccccc3C)cc(C(=O)O)c2[nH]1. The number of carboxylic acid groups (broad SMARTS) is 1. The van der Waals surface area contributed by atoms with Crippen LogP contribution in [0.2, 0.25) is 0 Å². The fourth-order valence-corrected chi connectivity index (χ4v) is 2.27. The maximum absolute atomic E-state index is 11.4. The minimum Gasteiger partial charge on any atom is -0.478 e. The highest BCUT2D eigenvalue weighted by molar-refractivity contribution is 6.01. The number of carbonyl (C=O) groups is 1. The zero-order valence-corrected chi connectivity index (χ0v) is 11.1. The van der Waals surface area contributed by atoms with Gasteiger partial charge in [-0.15, -0.1) is 0 Å². The fourth-order valence-electron chi connectivity index (χ4n) is 2.27. The van der Waals surface area contributed by atoms with Gasteiger partial charge in [0.25, 0.3) is 0 Å². The molecule has 0 saturated carbocycles. The molecule has 0 aliphatic rings. The van der Waals surface area contributed by atoms with Crippen molar-refractivity contribution in [2.24, 2.45) is 0 Å². The molecule has 3 rings (SSSR count). The number of rotatable bonds is 2. The number of aryl methyl sites for hydroxylation is 2. The molecule has 2 aromatic heterocycles. The van der Waals surface area contributed by atoms with Crippen molar-refractivity contribution in [2.75, 3.05) is 0 Å². The monoisotopic (exact) mass is 267 g/mol. The van der Waals surface area contributed by atoms with Crippen molar-refractivity contribution >= 4 is 17.1 Å². The number of hydrogen-bond acceptors (Lipinski definition) is 3. The molecule has 1 aromatic carbocycles. The molecular weight excluding hydrogens is 254 g/mol. The Balaban J connectivity index is 2.33. The normalized spacial score (nSPS) is 10.9. The molecule has 0 amide bonds. The second-order valence-corrected chi connectivity index (χ2v) is 4.70. The van der Waals surface area contributed by atoms with Crippen LogP contribution in [0, 0.1) is 13.8 Å². The van der Waals surface area contributed by atoms with Crippen LogP contribution in [-0.2, 0) is 0 Å². The molecule has 0 radical (unpaired) electrons.